The minimum absolute atomic E-state index is 0. The van der Waals surface area contributed by atoms with Crippen LogP contribution in [-0.4, -0.2) is 0 Å². The van der Waals surface area contributed by atoms with Gasteiger partial charge >= 0.3 is 0 Å². The zero-order valence-corrected chi connectivity index (χ0v) is 9.64. The van der Waals surface area contributed by atoms with Crippen molar-refractivity contribution in [2.24, 2.45) is 0 Å². The van der Waals surface area contributed by atoms with Gasteiger partial charge in [-0.05, 0) is 12.1 Å². The van der Waals surface area contributed by atoms with Crippen molar-refractivity contribution in [3.63, 3.8) is 0 Å². The van der Waals surface area contributed by atoms with Crippen LogP contribution in [0.2, 0.25) is 15.1 Å². The van der Waals surface area contributed by atoms with Gasteiger partial charge in [-0.25, -0.2) is 0 Å². The summed E-state index contributed by atoms with van der Waals surface area (Å²) < 4.78 is 0. The third-order valence-electron chi connectivity index (χ3n) is 1.01. The molecule has 0 fully saturated rings. The molecule has 64 valence electrons. The molecule has 0 aromatic heterocycles. The zero-order chi connectivity index (χ0) is 7.72. The summed E-state index contributed by atoms with van der Waals surface area (Å²) in [6.45, 7) is 0. The topological polar surface area (TPSA) is 23.8 Å². The van der Waals surface area contributed by atoms with Crippen molar-refractivity contribution in [3.05, 3.63) is 32.9 Å². The maximum absolute atomic E-state index is 7.22. The van der Waals surface area contributed by atoms with E-state index in [1.54, 1.807) is 0 Å². The maximum atomic E-state index is 7.22. The van der Waals surface area contributed by atoms with E-state index in [4.69, 9.17) is 40.5 Å². The molecule has 1 aromatic rings. The molecule has 5 heteroatoms. The molecular formula is C6H3Cl3NPt-. The van der Waals surface area contributed by atoms with Gasteiger partial charge in [0.2, 0.25) is 0 Å². The molecule has 0 saturated heterocycles. The molecule has 0 unspecified atom stereocenters. The number of rotatable bonds is 0. The first kappa shape index (κ1) is 11.6. The Hall–Kier alpha value is 0.578. The van der Waals surface area contributed by atoms with Gasteiger partial charge in [0.1, 0.15) is 0 Å². The van der Waals surface area contributed by atoms with Gasteiger partial charge in [-0.15, -0.1) is 5.69 Å². The predicted molar refractivity (Wildman–Crippen MR) is 45.5 cm³/mol. The Bertz CT molecular complexity index is 241. The van der Waals surface area contributed by atoms with E-state index in [2.05, 4.69) is 0 Å². The Morgan fingerprint density at radius 1 is 1.00 bits per heavy atom. The van der Waals surface area contributed by atoms with Crippen LogP contribution >= 0.6 is 34.8 Å². The van der Waals surface area contributed by atoms with Gasteiger partial charge in [-0.2, -0.15) is 0 Å². The van der Waals surface area contributed by atoms with E-state index in [1.807, 2.05) is 0 Å². The molecule has 0 aliphatic rings. The van der Waals surface area contributed by atoms with Gasteiger partial charge < -0.3 is 5.73 Å². The summed E-state index contributed by atoms with van der Waals surface area (Å²) in [5.41, 5.74) is 7.34. The van der Waals surface area contributed by atoms with E-state index in [1.165, 1.54) is 12.1 Å². The minimum atomic E-state index is 0. The Morgan fingerprint density at radius 2 is 1.36 bits per heavy atom. The number of hydrogen-bond donors (Lipinski definition) is 0. The fourth-order valence-electron chi connectivity index (χ4n) is 0.542. The van der Waals surface area contributed by atoms with E-state index in [0.717, 1.165) is 0 Å². The van der Waals surface area contributed by atoms with E-state index < -0.39 is 0 Å². The predicted octanol–water partition coefficient (Wildman–Crippen LogP) is 4.33. The Kier molecular flexibility index (Phi) is 4.81. The molecule has 0 saturated carbocycles. The largest absolute Gasteiger partial charge is 0.696 e. The summed E-state index contributed by atoms with van der Waals surface area (Å²) in [6.07, 6.45) is 0. The second-order valence-corrected chi connectivity index (χ2v) is 3.00. The minimum Gasteiger partial charge on any atom is -0.696 e. The van der Waals surface area contributed by atoms with Crippen LogP contribution < -0.4 is 0 Å². The molecule has 1 nitrogen and oxygen atoms in total. The summed E-state index contributed by atoms with van der Waals surface area (Å²) >= 11 is 16.7. The molecule has 0 heterocycles. The first-order valence-corrected chi connectivity index (χ1v) is 3.61. The molecule has 0 atom stereocenters. The Labute approximate surface area is 94.1 Å². The van der Waals surface area contributed by atoms with Crippen molar-refractivity contribution < 1.29 is 21.1 Å². The van der Waals surface area contributed by atoms with Gasteiger partial charge in [0.05, 0.1) is 0 Å². The summed E-state index contributed by atoms with van der Waals surface area (Å²) in [4.78, 5) is 0. The average molecular weight is 391 g/mol. The Morgan fingerprint density at radius 3 is 1.73 bits per heavy atom. The summed E-state index contributed by atoms with van der Waals surface area (Å²) in [7, 11) is 0. The van der Waals surface area contributed by atoms with Crippen molar-refractivity contribution in [2.75, 3.05) is 0 Å². The number of benzene rings is 1. The second kappa shape index (κ2) is 4.57. The molecule has 0 radical (unpaired) electrons. The van der Waals surface area contributed by atoms with E-state index in [9.17, 15) is 0 Å². The second-order valence-electron chi connectivity index (χ2n) is 1.74. The number of hydrogen-bond acceptors (Lipinski definition) is 0. The monoisotopic (exact) mass is 389 g/mol. The van der Waals surface area contributed by atoms with Crippen LogP contribution in [0.1, 0.15) is 0 Å². The van der Waals surface area contributed by atoms with E-state index in [-0.39, 0.29) is 36.8 Å². The summed E-state index contributed by atoms with van der Waals surface area (Å²) in [6, 6.07) is 2.97. The van der Waals surface area contributed by atoms with Crippen LogP contribution in [0, 0.1) is 0 Å². The molecule has 11 heavy (non-hydrogen) atoms. The summed E-state index contributed by atoms with van der Waals surface area (Å²) in [5, 5.41) is 1.00. The van der Waals surface area contributed by atoms with Crippen molar-refractivity contribution in [1.82, 2.24) is 0 Å². The molecule has 0 aliphatic heterocycles. The average Bonchev–Trinajstić information content (AvgIpc) is 1.82. The van der Waals surface area contributed by atoms with Crippen LogP contribution in [-0.2, 0) is 21.1 Å². The fraction of sp³-hybridized carbons (Fsp3) is 0. The number of halogens is 3. The third-order valence-corrected chi connectivity index (χ3v) is 1.82. The first-order chi connectivity index (χ1) is 4.61. The van der Waals surface area contributed by atoms with Gasteiger partial charge in [0.25, 0.3) is 0 Å². The zero-order valence-electron chi connectivity index (χ0n) is 5.10. The number of nitrogens with one attached hydrogen (secondary N) is 1. The third kappa shape index (κ3) is 2.83. The molecule has 0 bridgehead atoms. The van der Waals surface area contributed by atoms with Crippen LogP contribution in [0.5, 0.6) is 0 Å². The molecular weight excluding hydrogens is 388 g/mol. The van der Waals surface area contributed by atoms with Crippen molar-refractivity contribution in [1.29, 1.82) is 0 Å². The van der Waals surface area contributed by atoms with Crippen LogP contribution in [0.25, 0.3) is 5.73 Å². The maximum Gasteiger partial charge on any atom is 0.0434 e. The van der Waals surface area contributed by atoms with Crippen LogP contribution in [0.4, 0.5) is 5.69 Å². The van der Waals surface area contributed by atoms with Gasteiger partial charge in [0.15, 0.2) is 0 Å². The smallest absolute Gasteiger partial charge is 0.0434 e. The Balaban J connectivity index is 0.000001000. The van der Waals surface area contributed by atoms with Gasteiger partial charge in [-0.3, -0.25) is 0 Å². The van der Waals surface area contributed by atoms with Crippen molar-refractivity contribution in [2.45, 2.75) is 0 Å². The quantitative estimate of drug-likeness (QED) is 0.630. The standard InChI is InChI=1S/C6H3Cl3N.Pt/c7-3-1-4(8)6(10)5(9)2-3;/h1-2,10H;/q-1;. The fourth-order valence-corrected chi connectivity index (χ4v) is 1.36. The molecule has 1 rings (SSSR count). The molecule has 1 aromatic carbocycles. The molecule has 0 amide bonds. The van der Waals surface area contributed by atoms with Crippen LogP contribution in [0.3, 0.4) is 0 Å². The SMILES string of the molecule is [NH-]c1c(Cl)cc(Cl)cc1Cl.[Pt]. The van der Waals surface area contributed by atoms with Crippen molar-refractivity contribution in [3.8, 4) is 0 Å². The normalized spacial score (nSPS) is 9.00. The summed E-state index contributed by atoms with van der Waals surface area (Å²) in [5.74, 6) is 0. The van der Waals surface area contributed by atoms with Gasteiger partial charge in [-0.1, -0.05) is 34.8 Å². The van der Waals surface area contributed by atoms with Gasteiger partial charge in [0, 0.05) is 36.1 Å². The van der Waals surface area contributed by atoms with Crippen molar-refractivity contribution >= 4 is 40.5 Å². The molecule has 0 spiro atoms. The molecule has 0 aliphatic carbocycles. The molecule has 1 N–H and O–H groups in total. The van der Waals surface area contributed by atoms with E-state index in [0.29, 0.717) is 5.02 Å². The van der Waals surface area contributed by atoms with Crippen LogP contribution in [0.15, 0.2) is 12.1 Å². The van der Waals surface area contributed by atoms with E-state index >= 15 is 0 Å². The first-order valence-electron chi connectivity index (χ1n) is 2.47.